The van der Waals surface area contributed by atoms with E-state index in [4.69, 9.17) is 4.74 Å². The molecule has 0 spiro atoms. The van der Waals surface area contributed by atoms with E-state index >= 15 is 0 Å². The fraction of sp³-hybridized carbons (Fsp3) is 0.462. The summed E-state index contributed by atoms with van der Waals surface area (Å²) in [4.78, 5) is 11.1. The van der Waals surface area contributed by atoms with Crippen molar-refractivity contribution >= 4 is 5.97 Å². The third kappa shape index (κ3) is 4.15. The number of carbonyl (C=O) groups is 1. The minimum atomic E-state index is -0.275. The van der Waals surface area contributed by atoms with Crippen molar-refractivity contribution in [3.63, 3.8) is 0 Å². The van der Waals surface area contributed by atoms with Crippen LogP contribution in [-0.4, -0.2) is 19.1 Å². The molecule has 0 aliphatic heterocycles. The Morgan fingerprint density at radius 2 is 1.94 bits per heavy atom. The van der Waals surface area contributed by atoms with Gasteiger partial charge in [0.05, 0.1) is 13.2 Å². The summed E-state index contributed by atoms with van der Waals surface area (Å²) < 4.78 is 18.2. The van der Waals surface area contributed by atoms with E-state index in [1.54, 1.807) is 32.9 Å². The summed E-state index contributed by atoms with van der Waals surface area (Å²) in [7, 11) is 0. The van der Waals surface area contributed by atoms with Gasteiger partial charge >= 0.3 is 5.97 Å². The molecule has 1 aromatic rings. The van der Waals surface area contributed by atoms with Gasteiger partial charge in [-0.05, 0) is 37.5 Å². The molecule has 0 radical (unpaired) electrons. The van der Waals surface area contributed by atoms with Gasteiger partial charge in [0.1, 0.15) is 5.82 Å². The van der Waals surface area contributed by atoms with Crippen molar-refractivity contribution in [2.24, 2.45) is 0 Å². The van der Waals surface area contributed by atoms with Gasteiger partial charge in [-0.3, -0.25) is 4.79 Å². The van der Waals surface area contributed by atoms with Crippen LogP contribution in [0.25, 0.3) is 0 Å². The molecule has 0 aliphatic carbocycles. The summed E-state index contributed by atoms with van der Waals surface area (Å²) in [6, 6.07) is 3.56. The van der Waals surface area contributed by atoms with E-state index in [1.165, 1.54) is 0 Å². The van der Waals surface area contributed by atoms with Crippen molar-refractivity contribution in [1.82, 2.24) is 5.32 Å². The molecule has 0 bridgehead atoms. The maximum absolute atomic E-state index is 13.4. The summed E-state index contributed by atoms with van der Waals surface area (Å²) >= 11 is 0. The molecule has 0 fully saturated rings. The first-order valence-electron chi connectivity index (χ1n) is 5.66. The zero-order chi connectivity index (χ0) is 12.8. The number of aryl methyl sites for hydroxylation is 2. The molecule has 0 amide bonds. The lowest BCUT2D eigenvalue weighted by atomic mass is 10.1. The minimum Gasteiger partial charge on any atom is -0.465 e. The van der Waals surface area contributed by atoms with E-state index < -0.39 is 0 Å². The predicted molar refractivity (Wildman–Crippen MR) is 64.2 cm³/mol. The first-order valence-corrected chi connectivity index (χ1v) is 5.66. The molecule has 94 valence electrons. The monoisotopic (exact) mass is 239 g/mol. The highest BCUT2D eigenvalue weighted by molar-refractivity contribution is 5.71. The summed E-state index contributed by atoms with van der Waals surface area (Å²) in [5, 5.41) is 2.96. The standard InChI is InChI=1S/C13H18FNO2/c1-4-17-12(16)8-15-7-11-5-9(2)13(14)10(3)6-11/h5-6,15H,4,7-8H2,1-3H3. The highest BCUT2D eigenvalue weighted by atomic mass is 19.1. The first kappa shape index (κ1) is 13.6. The second kappa shape index (κ2) is 6.35. The van der Waals surface area contributed by atoms with E-state index in [0.717, 1.165) is 5.56 Å². The molecule has 0 heterocycles. The topological polar surface area (TPSA) is 38.3 Å². The van der Waals surface area contributed by atoms with Crippen LogP contribution in [0, 0.1) is 19.7 Å². The molecule has 0 atom stereocenters. The molecule has 4 heteroatoms. The van der Waals surface area contributed by atoms with Gasteiger partial charge in [-0.25, -0.2) is 4.39 Å². The number of nitrogens with one attached hydrogen (secondary N) is 1. The summed E-state index contributed by atoms with van der Waals surface area (Å²) in [5.74, 6) is -0.442. The van der Waals surface area contributed by atoms with Gasteiger partial charge in [0.25, 0.3) is 0 Å². The fourth-order valence-corrected chi connectivity index (χ4v) is 1.66. The molecule has 0 saturated heterocycles. The molecule has 3 nitrogen and oxygen atoms in total. The Balaban J connectivity index is 2.50. The predicted octanol–water partition coefficient (Wildman–Crippen LogP) is 2.10. The molecular formula is C13H18FNO2. The molecule has 1 N–H and O–H groups in total. The third-order valence-corrected chi connectivity index (χ3v) is 2.40. The summed E-state index contributed by atoms with van der Waals surface area (Å²) in [6.45, 7) is 6.32. The molecule has 1 aromatic carbocycles. The van der Waals surface area contributed by atoms with Crippen LogP contribution in [0.1, 0.15) is 23.6 Å². The van der Waals surface area contributed by atoms with E-state index in [0.29, 0.717) is 24.3 Å². The normalized spacial score (nSPS) is 10.4. The maximum atomic E-state index is 13.4. The number of hydrogen-bond acceptors (Lipinski definition) is 3. The lowest BCUT2D eigenvalue weighted by Crippen LogP contribution is -2.24. The Bertz CT molecular complexity index is 381. The van der Waals surface area contributed by atoms with Gasteiger partial charge in [0.15, 0.2) is 0 Å². The van der Waals surface area contributed by atoms with Gasteiger partial charge in [0, 0.05) is 6.54 Å². The lowest BCUT2D eigenvalue weighted by Gasteiger charge is -2.08. The third-order valence-electron chi connectivity index (χ3n) is 2.40. The van der Waals surface area contributed by atoms with Gasteiger partial charge in [-0.1, -0.05) is 12.1 Å². The van der Waals surface area contributed by atoms with Crippen molar-refractivity contribution in [2.75, 3.05) is 13.2 Å². The number of ether oxygens (including phenoxy) is 1. The van der Waals surface area contributed by atoms with Crippen LogP contribution in [0.5, 0.6) is 0 Å². The summed E-state index contributed by atoms with van der Waals surface area (Å²) in [6.07, 6.45) is 0. The minimum absolute atomic E-state index is 0.167. The zero-order valence-electron chi connectivity index (χ0n) is 10.5. The zero-order valence-corrected chi connectivity index (χ0v) is 10.5. The van der Waals surface area contributed by atoms with Crippen molar-refractivity contribution in [1.29, 1.82) is 0 Å². The SMILES string of the molecule is CCOC(=O)CNCc1cc(C)c(F)c(C)c1. The lowest BCUT2D eigenvalue weighted by molar-refractivity contribution is -0.142. The number of carbonyl (C=O) groups excluding carboxylic acids is 1. The number of rotatable bonds is 5. The van der Waals surface area contributed by atoms with Crippen LogP contribution in [0.3, 0.4) is 0 Å². The van der Waals surface area contributed by atoms with Crippen LogP contribution in [-0.2, 0) is 16.1 Å². The Labute approximate surface area is 101 Å². The van der Waals surface area contributed by atoms with Crippen LogP contribution >= 0.6 is 0 Å². The van der Waals surface area contributed by atoms with Crippen LogP contribution in [0.4, 0.5) is 4.39 Å². The number of hydrogen-bond donors (Lipinski definition) is 1. The molecule has 17 heavy (non-hydrogen) atoms. The quantitative estimate of drug-likeness (QED) is 0.800. The van der Waals surface area contributed by atoms with Gasteiger partial charge in [0.2, 0.25) is 0 Å². The largest absolute Gasteiger partial charge is 0.465 e. The highest BCUT2D eigenvalue weighted by Crippen LogP contribution is 2.14. The second-order valence-corrected chi connectivity index (χ2v) is 3.95. The van der Waals surface area contributed by atoms with Crippen molar-refractivity contribution in [2.45, 2.75) is 27.3 Å². The van der Waals surface area contributed by atoms with Crippen LogP contribution < -0.4 is 5.32 Å². The Hall–Kier alpha value is -1.42. The Kier molecular flexibility index (Phi) is 5.10. The average Bonchev–Trinajstić information content (AvgIpc) is 2.26. The molecule has 0 unspecified atom stereocenters. The number of halogens is 1. The highest BCUT2D eigenvalue weighted by Gasteiger charge is 2.05. The molecule has 1 rings (SSSR count). The molecule has 0 saturated carbocycles. The van der Waals surface area contributed by atoms with Gasteiger partial charge in [-0.2, -0.15) is 0 Å². The smallest absolute Gasteiger partial charge is 0.319 e. The Morgan fingerprint density at radius 3 is 2.47 bits per heavy atom. The van der Waals surface area contributed by atoms with E-state index in [1.807, 2.05) is 0 Å². The van der Waals surface area contributed by atoms with Crippen LogP contribution in [0.15, 0.2) is 12.1 Å². The maximum Gasteiger partial charge on any atom is 0.319 e. The van der Waals surface area contributed by atoms with E-state index in [9.17, 15) is 9.18 Å². The number of esters is 1. The Morgan fingerprint density at radius 1 is 1.35 bits per heavy atom. The number of benzene rings is 1. The van der Waals surface area contributed by atoms with Crippen molar-refractivity contribution in [3.8, 4) is 0 Å². The second-order valence-electron chi connectivity index (χ2n) is 3.95. The van der Waals surface area contributed by atoms with Gasteiger partial charge in [-0.15, -0.1) is 0 Å². The molecule has 0 aliphatic rings. The fourth-order valence-electron chi connectivity index (χ4n) is 1.66. The van der Waals surface area contributed by atoms with Gasteiger partial charge < -0.3 is 10.1 Å². The molecular weight excluding hydrogens is 221 g/mol. The van der Waals surface area contributed by atoms with Crippen LogP contribution in [0.2, 0.25) is 0 Å². The summed E-state index contributed by atoms with van der Waals surface area (Å²) in [5.41, 5.74) is 2.21. The molecule has 0 aromatic heterocycles. The van der Waals surface area contributed by atoms with Crippen molar-refractivity contribution in [3.05, 3.63) is 34.6 Å². The van der Waals surface area contributed by atoms with E-state index in [-0.39, 0.29) is 18.3 Å². The van der Waals surface area contributed by atoms with Crippen molar-refractivity contribution < 1.29 is 13.9 Å². The first-order chi connectivity index (χ1) is 8.04. The van der Waals surface area contributed by atoms with E-state index in [2.05, 4.69) is 5.32 Å². The average molecular weight is 239 g/mol.